The minimum atomic E-state index is -0.386. The normalized spacial score (nSPS) is 17.3. The molecular weight excluding hydrogens is 302 g/mol. The number of hydrogen-bond acceptors (Lipinski definition) is 3. The molecule has 128 valence electrons. The first-order chi connectivity index (χ1) is 11.5. The molecule has 0 saturated heterocycles. The molecule has 2 aromatic rings. The van der Waals surface area contributed by atoms with Crippen molar-refractivity contribution in [3.8, 4) is 0 Å². The predicted molar refractivity (Wildman–Crippen MR) is 92.4 cm³/mol. The highest BCUT2D eigenvalue weighted by Crippen LogP contribution is 2.24. The van der Waals surface area contributed by atoms with Crippen molar-refractivity contribution in [3.05, 3.63) is 53.3 Å². The molecule has 1 aliphatic carbocycles. The van der Waals surface area contributed by atoms with Crippen LogP contribution in [0.5, 0.6) is 0 Å². The molecule has 2 N–H and O–H groups in total. The Labute approximate surface area is 142 Å². The molecule has 0 radical (unpaired) electrons. The van der Waals surface area contributed by atoms with Gasteiger partial charge >= 0.3 is 0 Å². The number of H-pyrrole nitrogens is 1. The standard InChI is InChI=1S/C19H25N3O2/c1-19(2,13-24-12-14-6-4-3-5-7-14)21-18(23)15-8-9-17-16(10-15)11-20-22-17/h3-7,11,15H,8-10,12-13H2,1-2H3,(H,20,22)(H,21,23)/t15-/m1/s1. The number of carbonyl (C=O) groups is 1. The number of benzene rings is 1. The number of fused-ring (bicyclic) bond motifs is 1. The third-order valence-electron chi connectivity index (χ3n) is 4.42. The van der Waals surface area contributed by atoms with Crippen molar-refractivity contribution >= 4 is 5.91 Å². The second kappa shape index (κ2) is 7.18. The summed E-state index contributed by atoms with van der Waals surface area (Å²) < 4.78 is 5.79. The van der Waals surface area contributed by atoms with E-state index in [4.69, 9.17) is 4.74 Å². The van der Waals surface area contributed by atoms with E-state index in [1.54, 1.807) is 0 Å². The fourth-order valence-corrected chi connectivity index (χ4v) is 3.11. The number of nitrogens with one attached hydrogen (secondary N) is 2. The van der Waals surface area contributed by atoms with E-state index in [0.717, 1.165) is 24.8 Å². The summed E-state index contributed by atoms with van der Waals surface area (Å²) in [6, 6.07) is 10.1. The van der Waals surface area contributed by atoms with Crippen molar-refractivity contribution in [2.24, 2.45) is 5.92 Å². The maximum atomic E-state index is 12.6. The number of amides is 1. The van der Waals surface area contributed by atoms with Gasteiger partial charge in [-0.2, -0.15) is 5.10 Å². The Morgan fingerprint density at radius 2 is 2.17 bits per heavy atom. The summed E-state index contributed by atoms with van der Waals surface area (Å²) in [4.78, 5) is 12.6. The fourth-order valence-electron chi connectivity index (χ4n) is 3.11. The van der Waals surface area contributed by atoms with Crippen LogP contribution >= 0.6 is 0 Å². The number of aromatic nitrogens is 2. The molecule has 0 saturated carbocycles. The zero-order valence-electron chi connectivity index (χ0n) is 14.3. The average Bonchev–Trinajstić information content (AvgIpc) is 3.02. The molecule has 1 atom stereocenters. The van der Waals surface area contributed by atoms with Gasteiger partial charge in [0.05, 0.1) is 24.9 Å². The van der Waals surface area contributed by atoms with Gasteiger partial charge in [0.25, 0.3) is 0 Å². The Morgan fingerprint density at radius 3 is 2.96 bits per heavy atom. The summed E-state index contributed by atoms with van der Waals surface area (Å²) >= 11 is 0. The number of nitrogens with zero attached hydrogens (tertiary/aromatic N) is 1. The van der Waals surface area contributed by atoms with Crippen molar-refractivity contribution in [2.45, 2.75) is 45.3 Å². The van der Waals surface area contributed by atoms with Crippen LogP contribution in [-0.2, 0) is 29.0 Å². The van der Waals surface area contributed by atoms with Gasteiger partial charge in [0.2, 0.25) is 5.91 Å². The molecule has 5 heteroatoms. The van der Waals surface area contributed by atoms with E-state index in [0.29, 0.717) is 13.2 Å². The minimum Gasteiger partial charge on any atom is -0.374 e. The predicted octanol–water partition coefficient (Wildman–Crippen LogP) is 2.63. The van der Waals surface area contributed by atoms with E-state index in [2.05, 4.69) is 15.5 Å². The van der Waals surface area contributed by atoms with Crippen molar-refractivity contribution in [3.63, 3.8) is 0 Å². The molecule has 0 fully saturated rings. The van der Waals surface area contributed by atoms with Crippen molar-refractivity contribution in [1.82, 2.24) is 15.5 Å². The molecule has 5 nitrogen and oxygen atoms in total. The van der Waals surface area contributed by atoms with Crippen molar-refractivity contribution in [1.29, 1.82) is 0 Å². The topological polar surface area (TPSA) is 67.0 Å². The molecule has 24 heavy (non-hydrogen) atoms. The van der Waals surface area contributed by atoms with E-state index in [1.165, 1.54) is 11.3 Å². The number of aryl methyl sites for hydroxylation is 1. The van der Waals surface area contributed by atoms with Gasteiger partial charge in [-0.3, -0.25) is 9.89 Å². The SMILES string of the molecule is CC(C)(COCc1ccccc1)NC(=O)[C@@H]1CCc2[nH]ncc2C1. The first-order valence-electron chi connectivity index (χ1n) is 8.48. The number of rotatable bonds is 6. The lowest BCUT2D eigenvalue weighted by atomic mass is 9.86. The van der Waals surface area contributed by atoms with E-state index in [-0.39, 0.29) is 17.4 Å². The molecule has 1 heterocycles. The summed E-state index contributed by atoms with van der Waals surface area (Å²) in [6.07, 6.45) is 4.35. The van der Waals surface area contributed by atoms with Gasteiger partial charge < -0.3 is 10.1 Å². The number of aromatic amines is 1. The van der Waals surface area contributed by atoms with Crippen LogP contribution in [0.25, 0.3) is 0 Å². The zero-order valence-corrected chi connectivity index (χ0v) is 14.3. The van der Waals surface area contributed by atoms with Gasteiger partial charge in [-0.15, -0.1) is 0 Å². The van der Waals surface area contributed by atoms with Crippen LogP contribution in [0.1, 0.15) is 37.1 Å². The van der Waals surface area contributed by atoms with Crippen LogP contribution in [0.4, 0.5) is 0 Å². The summed E-state index contributed by atoms with van der Waals surface area (Å²) in [6.45, 7) is 5.04. The summed E-state index contributed by atoms with van der Waals surface area (Å²) in [5.74, 6) is 0.124. The Kier molecular flexibility index (Phi) is 5.00. The first-order valence-corrected chi connectivity index (χ1v) is 8.48. The highest BCUT2D eigenvalue weighted by atomic mass is 16.5. The maximum Gasteiger partial charge on any atom is 0.223 e. The summed E-state index contributed by atoms with van der Waals surface area (Å²) in [7, 11) is 0. The number of hydrogen-bond donors (Lipinski definition) is 2. The molecule has 0 unspecified atom stereocenters. The van der Waals surface area contributed by atoms with Gasteiger partial charge in [-0.05, 0) is 44.2 Å². The highest BCUT2D eigenvalue weighted by Gasteiger charge is 2.29. The van der Waals surface area contributed by atoms with E-state index >= 15 is 0 Å². The highest BCUT2D eigenvalue weighted by molar-refractivity contribution is 5.80. The lowest BCUT2D eigenvalue weighted by Crippen LogP contribution is -2.49. The smallest absolute Gasteiger partial charge is 0.223 e. The second-order valence-electron chi connectivity index (χ2n) is 7.17. The third-order valence-corrected chi connectivity index (χ3v) is 4.42. The molecule has 3 rings (SSSR count). The largest absolute Gasteiger partial charge is 0.374 e. The van der Waals surface area contributed by atoms with Crippen LogP contribution in [0.15, 0.2) is 36.5 Å². The van der Waals surface area contributed by atoms with Gasteiger partial charge in [0.1, 0.15) is 0 Å². The molecule has 0 bridgehead atoms. The molecule has 1 aliphatic rings. The zero-order chi connectivity index (χ0) is 17.0. The van der Waals surface area contributed by atoms with Gasteiger partial charge in [0, 0.05) is 11.6 Å². The van der Waals surface area contributed by atoms with Crippen molar-refractivity contribution in [2.75, 3.05) is 6.61 Å². The van der Waals surface area contributed by atoms with Gasteiger partial charge in [-0.1, -0.05) is 30.3 Å². The van der Waals surface area contributed by atoms with Gasteiger partial charge in [0.15, 0.2) is 0 Å². The Bertz CT molecular complexity index is 679. The molecule has 0 spiro atoms. The van der Waals surface area contributed by atoms with E-state index in [9.17, 15) is 4.79 Å². The van der Waals surface area contributed by atoms with Crippen LogP contribution in [0.2, 0.25) is 0 Å². The average molecular weight is 327 g/mol. The Balaban J connectivity index is 1.48. The number of carbonyl (C=O) groups excluding carboxylic acids is 1. The summed E-state index contributed by atoms with van der Waals surface area (Å²) in [5.41, 5.74) is 3.09. The van der Waals surface area contributed by atoms with E-state index in [1.807, 2.05) is 50.4 Å². The molecule has 0 aliphatic heterocycles. The van der Waals surface area contributed by atoms with Crippen LogP contribution < -0.4 is 5.32 Å². The quantitative estimate of drug-likeness (QED) is 0.857. The first kappa shape index (κ1) is 16.7. The molecule has 1 amide bonds. The molecular formula is C19H25N3O2. The monoisotopic (exact) mass is 327 g/mol. The van der Waals surface area contributed by atoms with E-state index < -0.39 is 0 Å². The lowest BCUT2D eigenvalue weighted by molar-refractivity contribution is -0.127. The maximum absolute atomic E-state index is 12.6. The van der Waals surface area contributed by atoms with Crippen LogP contribution in [0, 0.1) is 5.92 Å². The van der Waals surface area contributed by atoms with Crippen LogP contribution in [0.3, 0.4) is 0 Å². The Hall–Kier alpha value is -2.14. The summed E-state index contributed by atoms with van der Waals surface area (Å²) in [5, 5.41) is 10.2. The third kappa shape index (κ3) is 4.23. The van der Waals surface area contributed by atoms with Crippen LogP contribution in [-0.4, -0.2) is 28.3 Å². The molecule has 1 aromatic heterocycles. The van der Waals surface area contributed by atoms with Crippen molar-refractivity contribution < 1.29 is 9.53 Å². The molecule has 1 aromatic carbocycles. The minimum absolute atomic E-state index is 0.0171. The fraction of sp³-hybridized carbons (Fsp3) is 0.474. The Morgan fingerprint density at radius 1 is 1.38 bits per heavy atom. The second-order valence-corrected chi connectivity index (χ2v) is 7.17. The van der Waals surface area contributed by atoms with Gasteiger partial charge in [-0.25, -0.2) is 0 Å². The number of ether oxygens (including phenoxy) is 1. The lowest BCUT2D eigenvalue weighted by Gasteiger charge is -2.30.